The van der Waals surface area contributed by atoms with Gasteiger partial charge >= 0.3 is 0 Å². The highest BCUT2D eigenvalue weighted by atomic mass is 16.3. The SMILES string of the molecule is CCCN(CCC)C(=O)c1cc(O)ccc1N. The molecule has 0 radical (unpaired) electrons. The second kappa shape index (κ2) is 6.13. The van der Waals surface area contributed by atoms with Gasteiger partial charge in [-0.25, -0.2) is 0 Å². The largest absolute Gasteiger partial charge is 0.508 e. The smallest absolute Gasteiger partial charge is 0.256 e. The molecule has 4 heteroatoms. The fraction of sp³-hybridized carbons (Fsp3) is 0.462. The van der Waals surface area contributed by atoms with Crippen molar-refractivity contribution in [1.82, 2.24) is 4.90 Å². The summed E-state index contributed by atoms with van der Waals surface area (Å²) in [7, 11) is 0. The van der Waals surface area contributed by atoms with Crippen molar-refractivity contribution in [1.29, 1.82) is 0 Å². The van der Waals surface area contributed by atoms with Gasteiger partial charge in [-0.05, 0) is 31.0 Å². The van der Waals surface area contributed by atoms with Gasteiger partial charge in [0.1, 0.15) is 5.75 Å². The molecule has 0 unspecified atom stereocenters. The number of carbonyl (C=O) groups excluding carboxylic acids is 1. The predicted molar refractivity (Wildman–Crippen MR) is 69.0 cm³/mol. The van der Waals surface area contributed by atoms with Gasteiger partial charge in [-0.2, -0.15) is 0 Å². The van der Waals surface area contributed by atoms with Crippen LogP contribution < -0.4 is 5.73 Å². The maximum absolute atomic E-state index is 12.2. The highest BCUT2D eigenvalue weighted by Crippen LogP contribution is 2.20. The number of carbonyl (C=O) groups is 1. The van der Waals surface area contributed by atoms with Crippen LogP contribution in [0.4, 0.5) is 5.69 Å². The molecule has 0 saturated carbocycles. The molecule has 0 heterocycles. The Hall–Kier alpha value is -1.71. The zero-order valence-electron chi connectivity index (χ0n) is 10.4. The molecule has 1 aromatic rings. The van der Waals surface area contributed by atoms with Crippen LogP contribution >= 0.6 is 0 Å². The number of rotatable bonds is 5. The molecule has 0 fully saturated rings. The van der Waals surface area contributed by atoms with Crippen LogP contribution in [0.1, 0.15) is 37.0 Å². The van der Waals surface area contributed by atoms with Crippen molar-refractivity contribution in [2.24, 2.45) is 0 Å². The first-order chi connectivity index (χ1) is 8.10. The van der Waals surface area contributed by atoms with E-state index in [4.69, 9.17) is 5.73 Å². The van der Waals surface area contributed by atoms with E-state index in [1.54, 1.807) is 11.0 Å². The lowest BCUT2D eigenvalue weighted by Crippen LogP contribution is -2.32. The molecule has 0 aromatic heterocycles. The Morgan fingerprint density at radius 1 is 1.29 bits per heavy atom. The molecule has 1 aromatic carbocycles. The molecule has 1 amide bonds. The average molecular weight is 236 g/mol. The van der Waals surface area contributed by atoms with E-state index in [9.17, 15) is 9.90 Å². The molecule has 0 atom stereocenters. The second-order valence-corrected chi connectivity index (χ2v) is 4.06. The summed E-state index contributed by atoms with van der Waals surface area (Å²) in [5, 5.41) is 9.40. The molecular weight excluding hydrogens is 216 g/mol. The first-order valence-electron chi connectivity index (χ1n) is 5.97. The number of nitrogens with two attached hydrogens (primary N) is 1. The third-order valence-electron chi connectivity index (χ3n) is 2.54. The highest BCUT2D eigenvalue weighted by molar-refractivity contribution is 5.99. The summed E-state index contributed by atoms with van der Waals surface area (Å²) in [6.07, 6.45) is 1.81. The van der Waals surface area contributed by atoms with Gasteiger partial charge in [0.15, 0.2) is 0 Å². The molecular formula is C13H20N2O2. The molecule has 1 rings (SSSR count). The minimum Gasteiger partial charge on any atom is -0.508 e. The van der Waals surface area contributed by atoms with Gasteiger partial charge in [-0.1, -0.05) is 13.8 Å². The van der Waals surface area contributed by atoms with Gasteiger partial charge < -0.3 is 15.7 Å². The molecule has 0 spiro atoms. The van der Waals surface area contributed by atoms with Crippen molar-refractivity contribution in [3.8, 4) is 5.75 Å². The summed E-state index contributed by atoms with van der Waals surface area (Å²) in [6, 6.07) is 4.46. The Morgan fingerprint density at radius 2 is 1.88 bits per heavy atom. The van der Waals surface area contributed by atoms with Crippen LogP contribution in [0, 0.1) is 0 Å². The third-order valence-corrected chi connectivity index (χ3v) is 2.54. The standard InChI is InChI=1S/C13H20N2O2/c1-3-7-15(8-4-2)13(17)11-9-10(16)5-6-12(11)14/h5-6,9,16H,3-4,7-8,14H2,1-2H3. The van der Waals surface area contributed by atoms with Crippen molar-refractivity contribution in [3.63, 3.8) is 0 Å². The molecule has 17 heavy (non-hydrogen) atoms. The fourth-order valence-electron chi connectivity index (χ4n) is 1.75. The quantitative estimate of drug-likeness (QED) is 0.608. The normalized spacial score (nSPS) is 10.2. The number of hydrogen-bond donors (Lipinski definition) is 2. The number of aromatic hydroxyl groups is 1. The zero-order valence-corrected chi connectivity index (χ0v) is 10.4. The van der Waals surface area contributed by atoms with Crippen LogP contribution in [-0.2, 0) is 0 Å². The summed E-state index contributed by atoms with van der Waals surface area (Å²) >= 11 is 0. The predicted octanol–water partition coefficient (Wildman–Crippen LogP) is 2.24. The number of nitrogens with zero attached hydrogens (tertiary/aromatic N) is 1. The summed E-state index contributed by atoms with van der Waals surface area (Å²) in [4.78, 5) is 14.0. The van der Waals surface area contributed by atoms with Gasteiger partial charge in [0.25, 0.3) is 5.91 Å². The number of phenolic OH excluding ortho intramolecular Hbond substituents is 1. The lowest BCUT2D eigenvalue weighted by Gasteiger charge is -2.22. The number of amides is 1. The van der Waals surface area contributed by atoms with Crippen molar-refractivity contribution >= 4 is 11.6 Å². The van der Waals surface area contributed by atoms with E-state index in [1.165, 1.54) is 12.1 Å². The van der Waals surface area contributed by atoms with Crippen LogP contribution in [0.25, 0.3) is 0 Å². The number of hydrogen-bond acceptors (Lipinski definition) is 3. The Morgan fingerprint density at radius 3 is 2.41 bits per heavy atom. The van der Waals surface area contributed by atoms with Gasteiger partial charge in [-0.15, -0.1) is 0 Å². The Balaban J connectivity index is 2.95. The van der Waals surface area contributed by atoms with Crippen LogP contribution in [0.15, 0.2) is 18.2 Å². The number of nitrogen functional groups attached to an aromatic ring is 1. The van der Waals surface area contributed by atoms with Crippen molar-refractivity contribution < 1.29 is 9.90 Å². The van der Waals surface area contributed by atoms with E-state index >= 15 is 0 Å². The zero-order chi connectivity index (χ0) is 12.8. The van der Waals surface area contributed by atoms with Crippen molar-refractivity contribution in [3.05, 3.63) is 23.8 Å². The summed E-state index contributed by atoms with van der Waals surface area (Å²) in [5.74, 6) is -0.0439. The second-order valence-electron chi connectivity index (χ2n) is 4.06. The van der Waals surface area contributed by atoms with Crippen LogP contribution in [0.2, 0.25) is 0 Å². The monoisotopic (exact) mass is 236 g/mol. The first kappa shape index (κ1) is 13.4. The minimum atomic E-state index is -0.109. The lowest BCUT2D eigenvalue weighted by atomic mass is 10.1. The maximum atomic E-state index is 12.2. The first-order valence-corrected chi connectivity index (χ1v) is 5.97. The lowest BCUT2D eigenvalue weighted by molar-refractivity contribution is 0.0756. The maximum Gasteiger partial charge on any atom is 0.256 e. The summed E-state index contributed by atoms with van der Waals surface area (Å²) in [5.41, 5.74) is 6.55. The molecule has 0 aliphatic heterocycles. The Kier molecular flexibility index (Phi) is 4.82. The molecule has 0 aliphatic carbocycles. The van der Waals surface area contributed by atoms with E-state index in [2.05, 4.69) is 0 Å². The molecule has 0 aliphatic rings. The van der Waals surface area contributed by atoms with Crippen LogP contribution in [0.3, 0.4) is 0 Å². The summed E-state index contributed by atoms with van der Waals surface area (Å²) in [6.45, 7) is 5.48. The van der Waals surface area contributed by atoms with E-state index in [1.807, 2.05) is 13.8 Å². The minimum absolute atomic E-state index is 0.0653. The van der Waals surface area contributed by atoms with Gasteiger partial charge in [0.2, 0.25) is 0 Å². The van der Waals surface area contributed by atoms with Crippen molar-refractivity contribution in [2.45, 2.75) is 26.7 Å². The fourth-order valence-corrected chi connectivity index (χ4v) is 1.75. The van der Waals surface area contributed by atoms with Crippen molar-refractivity contribution in [2.75, 3.05) is 18.8 Å². The number of anilines is 1. The third kappa shape index (κ3) is 3.37. The summed E-state index contributed by atoms with van der Waals surface area (Å²) < 4.78 is 0. The number of phenols is 1. The van der Waals surface area contributed by atoms with E-state index in [0.717, 1.165) is 12.8 Å². The van der Waals surface area contributed by atoms with Gasteiger partial charge in [-0.3, -0.25) is 4.79 Å². The highest BCUT2D eigenvalue weighted by Gasteiger charge is 2.17. The van der Waals surface area contributed by atoms with E-state index in [-0.39, 0.29) is 11.7 Å². The molecule has 94 valence electrons. The molecule has 3 N–H and O–H groups in total. The van der Waals surface area contributed by atoms with E-state index < -0.39 is 0 Å². The van der Waals surface area contributed by atoms with Gasteiger partial charge in [0, 0.05) is 18.8 Å². The van der Waals surface area contributed by atoms with Crippen LogP contribution in [-0.4, -0.2) is 29.0 Å². The average Bonchev–Trinajstić information content (AvgIpc) is 2.31. The topological polar surface area (TPSA) is 66.6 Å². The molecule has 4 nitrogen and oxygen atoms in total. The van der Waals surface area contributed by atoms with E-state index in [0.29, 0.717) is 24.3 Å². The van der Waals surface area contributed by atoms with Gasteiger partial charge in [0.05, 0.1) is 5.56 Å². The Bertz CT molecular complexity index is 385. The molecule has 0 bridgehead atoms. The molecule has 0 saturated heterocycles. The van der Waals surface area contributed by atoms with Crippen LogP contribution in [0.5, 0.6) is 5.75 Å². The Labute approximate surface area is 102 Å². The number of benzene rings is 1.